The molecule has 0 aliphatic heterocycles. The van der Waals surface area contributed by atoms with Gasteiger partial charge in [0.15, 0.2) is 0 Å². The third-order valence-corrected chi connectivity index (χ3v) is 1.84. The Morgan fingerprint density at radius 1 is 1.27 bits per heavy atom. The lowest BCUT2D eigenvalue weighted by molar-refractivity contribution is -0.154. The van der Waals surface area contributed by atoms with Gasteiger partial charge in [-0.25, -0.2) is 9.18 Å². The van der Waals surface area contributed by atoms with Gasteiger partial charge in [0.1, 0.15) is 0 Å². The lowest BCUT2D eigenvalue weighted by Gasteiger charge is -2.22. The zero-order chi connectivity index (χ0) is 11.9. The molecular weight excluding hydrogens is 201 g/mol. The van der Waals surface area contributed by atoms with Gasteiger partial charge in [-0.05, 0) is 13.8 Å². The molecule has 0 saturated heterocycles. The summed E-state index contributed by atoms with van der Waals surface area (Å²) in [5, 5.41) is 7.36. The number of hydrogen-bond acceptors (Lipinski definition) is 4. The van der Waals surface area contributed by atoms with Crippen LogP contribution < -0.4 is 0 Å². The number of carbonyl (C=O) groups excluding carboxylic acids is 1. The van der Waals surface area contributed by atoms with E-state index in [9.17, 15) is 9.18 Å². The summed E-state index contributed by atoms with van der Waals surface area (Å²) in [6.45, 7) is 5.20. The molecule has 0 saturated carbocycles. The fourth-order valence-electron chi connectivity index (χ4n) is 1.16. The highest BCUT2D eigenvalue weighted by molar-refractivity contribution is 6.04. The zero-order valence-corrected chi connectivity index (χ0v) is 9.43. The van der Waals surface area contributed by atoms with E-state index in [1.807, 2.05) is 0 Å². The summed E-state index contributed by atoms with van der Waals surface area (Å²) in [7, 11) is 0. The highest BCUT2D eigenvalue weighted by Gasteiger charge is 2.45. The first kappa shape index (κ1) is 13.9. The minimum atomic E-state index is -2.43. The van der Waals surface area contributed by atoms with E-state index in [2.05, 4.69) is 4.74 Å². The second-order valence-electron chi connectivity index (χ2n) is 3.03. The molecule has 5 heteroatoms. The van der Waals surface area contributed by atoms with Crippen LogP contribution >= 0.6 is 0 Å². The third kappa shape index (κ3) is 3.49. The average molecular weight is 219 g/mol. The van der Waals surface area contributed by atoms with E-state index in [1.54, 1.807) is 20.8 Å². The van der Waals surface area contributed by atoms with E-state index in [0.29, 0.717) is 6.42 Å². The molecule has 0 aromatic carbocycles. The fraction of sp³-hybridized carbons (Fsp3) is 0.800. The van der Waals surface area contributed by atoms with Crippen LogP contribution in [0.5, 0.6) is 0 Å². The Hall–Kier alpha value is -1.13. The van der Waals surface area contributed by atoms with Crippen LogP contribution in [-0.2, 0) is 14.3 Å². The number of rotatable bonds is 6. The number of halogens is 1. The van der Waals surface area contributed by atoms with Crippen molar-refractivity contribution >= 4 is 11.9 Å². The van der Waals surface area contributed by atoms with E-state index in [-0.39, 0.29) is 19.6 Å². The van der Waals surface area contributed by atoms with Gasteiger partial charge in [0, 0.05) is 6.42 Å². The lowest BCUT2D eigenvalue weighted by Crippen LogP contribution is -2.44. The smallest absolute Gasteiger partial charge is 0.353 e. The van der Waals surface area contributed by atoms with E-state index < -0.39 is 17.5 Å². The minimum absolute atomic E-state index is 0.0909. The molecule has 0 unspecified atom stereocenters. The van der Waals surface area contributed by atoms with Crippen LogP contribution in [-0.4, -0.2) is 30.7 Å². The largest absolute Gasteiger partial charge is 0.479 e. The summed E-state index contributed by atoms with van der Waals surface area (Å²) in [4.78, 5) is 11.4. The Morgan fingerprint density at radius 2 is 1.80 bits per heavy atom. The quantitative estimate of drug-likeness (QED) is 0.422. The fourth-order valence-corrected chi connectivity index (χ4v) is 1.16. The summed E-state index contributed by atoms with van der Waals surface area (Å²) in [6, 6.07) is 0. The molecule has 88 valence electrons. The van der Waals surface area contributed by atoms with Gasteiger partial charge < -0.3 is 9.47 Å². The second-order valence-corrected chi connectivity index (χ2v) is 3.03. The Balaban J connectivity index is 4.70. The van der Waals surface area contributed by atoms with Crippen molar-refractivity contribution in [3.8, 4) is 0 Å². The van der Waals surface area contributed by atoms with Crippen molar-refractivity contribution in [2.24, 2.45) is 0 Å². The number of ether oxygens (including phenoxy) is 2. The molecule has 0 bridgehead atoms. The monoisotopic (exact) mass is 219 g/mol. The minimum Gasteiger partial charge on any atom is -0.479 e. The predicted octanol–water partition coefficient (Wildman–Crippen LogP) is 2.07. The van der Waals surface area contributed by atoms with Crippen molar-refractivity contribution in [2.45, 2.75) is 39.3 Å². The lowest BCUT2D eigenvalue weighted by atomic mass is 10.00. The molecule has 0 aromatic rings. The van der Waals surface area contributed by atoms with Gasteiger partial charge in [-0.15, -0.1) is 0 Å². The molecule has 0 rings (SSSR count). The van der Waals surface area contributed by atoms with Crippen LogP contribution in [0.25, 0.3) is 0 Å². The Kier molecular flexibility index (Phi) is 5.89. The molecule has 0 aromatic heterocycles. The van der Waals surface area contributed by atoms with Crippen molar-refractivity contribution in [2.75, 3.05) is 13.2 Å². The molecule has 0 heterocycles. The van der Waals surface area contributed by atoms with Gasteiger partial charge in [-0.2, -0.15) is 0 Å². The standard InChI is InChI=1S/C10H18FNO3/c1-4-7-10(11,8(12)14-5-2)9(13)15-6-3/h12H,4-7H2,1-3H3/t10-/m1/s1. The second kappa shape index (κ2) is 6.37. The maximum absolute atomic E-state index is 14.1. The van der Waals surface area contributed by atoms with Crippen molar-refractivity contribution in [3.63, 3.8) is 0 Å². The van der Waals surface area contributed by atoms with Crippen molar-refractivity contribution in [1.82, 2.24) is 0 Å². The SMILES string of the molecule is CCC[C@@](F)(C(=N)OCC)C(=O)OCC. The normalized spacial score (nSPS) is 14.1. The summed E-state index contributed by atoms with van der Waals surface area (Å²) < 4.78 is 23.5. The highest BCUT2D eigenvalue weighted by Crippen LogP contribution is 2.22. The van der Waals surface area contributed by atoms with Gasteiger partial charge in [0.2, 0.25) is 5.90 Å². The first-order chi connectivity index (χ1) is 7.02. The summed E-state index contributed by atoms with van der Waals surface area (Å²) in [6.07, 6.45) is 0.343. The molecule has 1 N–H and O–H groups in total. The van der Waals surface area contributed by atoms with Crippen LogP contribution in [0.3, 0.4) is 0 Å². The van der Waals surface area contributed by atoms with Crippen LogP contribution in [0.1, 0.15) is 33.6 Å². The van der Waals surface area contributed by atoms with Crippen molar-refractivity contribution in [1.29, 1.82) is 5.41 Å². The van der Waals surface area contributed by atoms with Gasteiger partial charge in [0.05, 0.1) is 13.2 Å². The molecule has 0 aliphatic carbocycles. The zero-order valence-electron chi connectivity index (χ0n) is 9.43. The van der Waals surface area contributed by atoms with E-state index in [1.165, 1.54) is 0 Å². The average Bonchev–Trinajstić information content (AvgIpc) is 2.18. The third-order valence-electron chi connectivity index (χ3n) is 1.84. The Bertz CT molecular complexity index is 213. The molecule has 1 atom stereocenters. The van der Waals surface area contributed by atoms with E-state index >= 15 is 0 Å². The topological polar surface area (TPSA) is 59.4 Å². The Labute approximate surface area is 89.3 Å². The van der Waals surface area contributed by atoms with E-state index in [0.717, 1.165) is 0 Å². The van der Waals surface area contributed by atoms with Gasteiger partial charge >= 0.3 is 5.97 Å². The van der Waals surface area contributed by atoms with Gasteiger partial charge in [0.25, 0.3) is 5.67 Å². The molecular formula is C10H18FNO3. The summed E-state index contributed by atoms with van der Waals surface area (Å²) in [5.41, 5.74) is -2.43. The molecule has 15 heavy (non-hydrogen) atoms. The number of carbonyl (C=O) groups is 1. The Morgan fingerprint density at radius 3 is 2.20 bits per heavy atom. The first-order valence-corrected chi connectivity index (χ1v) is 5.10. The van der Waals surface area contributed by atoms with Crippen molar-refractivity contribution in [3.05, 3.63) is 0 Å². The van der Waals surface area contributed by atoms with Crippen LogP contribution in [0.15, 0.2) is 0 Å². The number of nitrogens with one attached hydrogen (secondary N) is 1. The molecule has 0 radical (unpaired) electrons. The van der Waals surface area contributed by atoms with Gasteiger partial charge in [-0.3, -0.25) is 5.41 Å². The molecule has 4 nitrogen and oxygen atoms in total. The first-order valence-electron chi connectivity index (χ1n) is 5.10. The van der Waals surface area contributed by atoms with Crippen molar-refractivity contribution < 1.29 is 18.7 Å². The number of hydrogen-bond donors (Lipinski definition) is 1. The molecule has 0 fully saturated rings. The maximum Gasteiger partial charge on any atom is 0.353 e. The van der Waals surface area contributed by atoms with E-state index in [4.69, 9.17) is 10.1 Å². The van der Waals surface area contributed by atoms with Crippen LogP contribution in [0.4, 0.5) is 4.39 Å². The molecule has 0 amide bonds. The van der Waals surface area contributed by atoms with Crippen LogP contribution in [0, 0.1) is 5.41 Å². The maximum atomic E-state index is 14.1. The highest BCUT2D eigenvalue weighted by atomic mass is 19.1. The number of alkyl halides is 1. The number of esters is 1. The van der Waals surface area contributed by atoms with Crippen LogP contribution in [0.2, 0.25) is 0 Å². The summed E-state index contributed by atoms with van der Waals surface area (Å²) in [5.74, 6) is -1.70. The molecule has 0 spiro atoms. The molecule has 0 aliphatic rings. The summed E-state index contributed by atoms with van der Waals surface area (Å²) >= 11 is 0. The van der Waals surface area contributed by atoms with Gasteiger partial charge in [-0.1, -0.05) is 13.3 Å². The predicted molar refractivity (Wildman–Crippen MR) is 54.7 cm³/mol.